The Hall–Kier alpha value is -4.13. The summed E-state index contributed by atoms with van der Waals surface area (Å²) < 4.78 is 0. The van der Waals surface area contributed by atoms with Crippen LogP contribution < -0.4 is 0 Å². The molecule has 3 atom stereocenters. The maximum atomic E-state index is 4.97. The van der Waals surface area contributed by atoms with Crippen LogP contribution in [-0.2, 0) is 0 Å². The van der Waals surface area contributed by atoms with Crippen LogP contribution in [0.25, 0.3) is 10.9 Å². The molecule has 5 heterocycles. The third-order valence-electron chi connectivity index (χ3n) is 8.62. The van der Waals surface area contributed by atoms with E-state index in [2.05, 4.69) is 101 Å². The van der Waals surface area contributed by atoms with Crippen molar-refractivity contribution in [2.75, 3.05) is 26.2 Å². The first-order chi connectivity index (χ1) is 19.7. The SMILES string of the molecule is CC1=Nc2ccccc2[C@@H]1[C@H](c1ccccn1)N1CCN([C@H](c2ccccn2)c2c(C)[nH]c3ccccc23)CC1. The van der Waals surface area contributed by atoms with Crippen molar-refractivity contribution < 1.29 is 0 Å². The minimum absolute atomic E-state index is 0.0864. The summed E-state index contributed by atoms with van der Waals surface area (Å²) in [6.07, 6.45) is 3.84. The molecule has 0 amide bonds. The van der Waals surface area contributed by atoms with Crippen LogP contribution >= 0.6 is 0 Å². The summed E-state index contributed by atoms with van der Waals surface area (Å²) in [6.45, 7) is 8.13. The number of H-pyrrole nitrogens is 1. The largest absolute Gasteiger partial charge is 0.358 e. The molecule has 5 aromatic rings. The highest BCUT2D eigenvalue weighted by molar-refractivity contribution is 5.97. The number of piperazine rings is 1. The van der Waals surface area contributed by atoms with Gasteiger partial charge in [-0.3, -0.25) is 24.8 Å². The lowest BCUT2D eigenvalue weighted by Gasteiger charge is -2.44. The van der Waals surface area contributed by atoms with Crippen molar-refractivity contribution in [1.29, 1.82) is 0 Å². The lowest BCUT2D eigenvalue weighted by Crippen LogP contribution is -2.50. The van der Waals surface area contributed by atoms with Crippen LogP contribution in [0.1, 0.15) is 53.1 Å². The fourth-order valence-electron chi connectivity index (χ4n) is 6.83. The number of aromatic nitrogens is 3. The van der Waals surface area contributed by atoms with Crippen LogP contribution in [0, 0.1) is 6.92 Å². The fraction of sp³-hybridized carbons (Fsp3) is 0.265. The van der Waals surface area contributed by atoms with Gasteiger partial charge in [0.25, 0.3) is 0 Å². The van der Waals surface area contributed by atoms with Crippen molar-refractivity contribution in [2.45, 2.75) is 31.8 Å². The van der Waals surface area contributed by atoms with Crippen LogP contribution in [-0.4, -0.2) is 56.6 Å². The van der Waals surface area contributed by atoms with Gasteiger partial charge in [0.05, 0.1) is 29.2 Å². The van der Waals surface area contributed by atoms with Crippen molar-refractivity contribution in [1.82, 2.24) is 24.8 Å². The average Bonchev–Trinajstić information content (AvgIpc) is 3.51. The number of aromatic amines is 1. The minimum Gasteiger partial charge on any atom is -0.358 e. The van der Waals surface area contributed by atoms with E-state index >= 15 is 0 Å². The third-order valence-corrected chi connectivity index (χ3v) is 8.62. The standard InChI is InChI=1S/C34H34N6/c1-23-31(25-11-3-5-13-27(25)37-23)33(29-15-7-9-17-35-29)39-19-21-40(22-20-39)34(30-16-8-10-18-36-30)32-24(2)38-28-14-6-4-12-26(28)32/h3-18,31,33-34,38H,19-22H2,1-2H3/t31-,33+,34-/m1/s1. The number of pyridine rings is 2. The lowest BCUT2D eigenvalue weighted by atomic mass is 9.85. The second-order valence-electron chi connectivity index (χ2n) is 10.9. The number of rotatable bonds is 6. The van der Waals surface area contributed by atoms with E-state index in [9.17, 15) is 0 Å². The highest BCUT2D eigenvalue weighted by atomic mass is 15.3. The molecule has 0 bridgehead atoms. The van der Waals surface area contributed by atoms with Crippen LogP contribution in [0.5, 0.6) is 0 Å². The second kappa shape index (κ2) is 10.5. The van der Waals surface area contributed by atoms with Gasteiger partial charge in [-0.1, -0.05) is 48.5 Å². The Morgan fingerprint density at radius 2 is 1.38 bits per heavy atom. The molecule has 0 radical (unpaired) electrons. The monoisotopic (exact) mass is 526 g/mol. The summed E-state index contributed by atoms with van der Waals surface area (Å²) in [5, 5.41) is 1.28. The van der Waals surface area contributed by atoms with Gasteiger partial charge in [-0.05, 0) is 55.8 Å². The van der Waals surface area contributed by atoms with E-state index in [1.807, 2.05) is 24.5 Å². The average molecular weight is 527 g/mol. The van der Waals surface area contributed by atoms with Crippen molar-refractivity contribution in [2.24, 2.45) is 4.99 Å². The molecule has 7 rings (SSSR count). The predicted molar refractivity (Wildman–Crippen MR) is 161 cm³/mol. The van der Waals surface area contributed by atoms with Gasteiger partial charge in [-0.25, -0.2) is 0 Å². The van der Waals surface area contributed by atoms with Crippen molar-refractivity contribution in [3.63, 3.8) is 0 Å². The smallest absolute Gasteiger partial charge is 0.0800 e. The van der Waals surface area contributed by atoms with E-state index in [0.717, 1.165) is 43.3 Å². The first kappa shape index (κ1) is 24.9. The molecule has 0 unspecified atom stereocenters. The summed E-state index contributed by atoms with van der Waals surface area (Å²) in [5.74, 6) is 0.195. The summed E-state index contributed by atoms with van der Waals surface area (Å²) in [5.41, 5.74) is 9.49. The van der Waals surface area contributed by atoms with E-state index in [0.29, 0.717) is 0 Å². The lowest BCUT2D eigenvalue weighted by molar-refractivity contribution is 0.0731. The Balaban J connectivity index is 1.23. The number of fused-ring (bicyclic) bond motifs is 2. The molecule has 1 saturated heterocycles. The minimum atomic E-state index is 0.0864. The molecule has 2 aliphatic rings. The zero-order valence-corrected chi connectivity index (χ0v) is 23.0. The summed E-state index contributed by atoms with van der Waals surface area (Å²) in [6, 6.07) is 30.0. The summed E-state index contributed by atoms with van der Waals surface area (Å²) in [4.78, 5) is 23.6. The van der Waals surface area contributed by atoms with Gasteiger partial charge < -0.3 is 4.98 Å². The molecule has 0 saturated carbocycles. The maximum Gasteiger partial charge on any atom is 0.0800 e. The van der Waals surface area contributed by atoms with Gasteiger partial charge in [-0.2, -0.15) is 0 Å². The Labute approximate surface area is 235 Å². The summed E-state index contributed by atoms with van der Waals surface area (Å²) >= 11 is 0. The normalized spacial score (nSPS) is 19.4. The number of nitrogens with one attached hydrogen (secondary N) is 1. The first-order valence-electron chi connectivity index (χ1n) is 14.2. The van der Waals surface area contributed by atoms with Crippen LogP contribution in [0.4, 0.5) is 5.69 Å². The Morgan fingerprint density at radius 3 is 2.12 bits per heavy atom. The topological polar surface area (TPSA) is 60.4 Å². The number of aliphatic imine (C=N–C) groups is 1. The maximum absolute atomic E-state index is 4.97. The molecule has 2 aromatic carbocycles. The zero-order valence-electron chi connectivity index (χ0n) is 23.0. The van der Waals surface area contributed by atoms with Crippen molar-refractivity contribution >= 4 is 22.3 Å². The molecular formula is C34H34N6. The first-order valence-corrected chi connectivity index (χ1v) is 14.2. The third kappa shape index (κ3) is 4.34. The van der Waals surface area contributed by atoms with E-state index in [1.54, 1.807) is 0 Å². The summed E-state index contributed by atoms with van der Waals surface area (Å²) in [7, 11) is 0. The predicted octanol–water partition coefficient (Wildman–Crippen LogP) is 6.60. The zero-order chi connectivity index (χ0) is 27.1. The number of hydrogen-bond donors (Lipinski definition) is 1. The van der Waals surface area contributed by atoms with Gasteiger partial charge in [0.2, 0.25) is 0 Å². The molecule has 0 aliphatic carbocycles. The van der Waals surface area contributed by atoms with Gasteiger partial charge in [0, 0.05) is 72.4 Å². The Kier molecular flexibility index (Phi) is 6.50. The van der Waals surface area contributed by atoms with Crippen LogP contribution in [0.3, 0.4) is 0 Å². The molecule has 2 aliphatic heterocycles. The van der Waals surface area contributed by atoms with Gasteiger partial charge in [-0.15, -0.1) is 0 Å². The van der Waals surface area contributed by atoms with E-state index < -0.39 is 0 Å². The Morgan fingerprint density at radius 1 is 0.725 bits per heavy atom. The molecule has 6 nitrogen and oxygen atoms in total. The molecule has 0 spiro atoms. The number of para-hydroxylation sites is 2. The number of hydrogen-bond acceptors (Lipinski definition) is 5. The van der Waals surface area contributed by atoms with Crippen LogP contribution in [0.15, 0.2) is 102 Å². The number of nitrogens with zero attached hydrogens (tertiary/aromatic N) is 5. The molecule has 1 N–H and O–H groups in total. The second-order valence-corrected chi connectivity index (χ2v) is 10.9. The highest BCUT2D eigenvalue weighted by Gasteiger charge is 2.39. The van der Waals surface area contributed by atoms with Gasteiger partial charge in [0.15, 0.2) is 0 Å². The number of aryl methyl sites for hydroxylation is 1. The Bertz CT molecular complexity index is 1650. The van der Waals surface area contributed by atoms with Gasteiger partial charge >= 0.3 is 0 Å². The van der Waals surface area contributed by atoms with Crippen LogP contribution in [0.2, 0.25) is 0 Å². The van der Waals surface area contributed by atoms with Crippen molar-refractivity contribution in [3.8, 4) is 0 Å². The van der Waals surface area contributed by atoms with E-state index in [-0.39, 0.29) is 18.0 Å². The molecule has 3 aromatic heterocycles. The fourth-order valence-corrected chi connectivity index (χ4v) is 6.83. The quantitative estimate of drug-likeness (QED) is 0.271. The molecule has 200 valence electrons. The highest BCUT2D eigenvalue weighted by Crippen LogP contribution is 2.45. The molecule has 1 fully saturated rings. The molecule has 40 heavy (non-hydrogen) atoms. The molecule has 6 heteroatoms. The van der Waals surface area contributed by atoms with E-state index in [4.69, 9.17) is 15.0 Å². The van der Waals surface area contributed by atoms with Crippen molar-refractivity contribution in [3.05, 3.63) is 126 Å². The van der Waals surface area contributed by atoms with Gasteiger partial charge in [0.1, 0.15) is 0 Å². The number of benzene rings is 2. The van der Waals surface area contributed by atoms with E-state index in [1.165, 1.54) is 33.4 Å². The molecular weight excluding hydrogens is 492 g/mol.